The molecule has 2 aliphatic rings. The van der Waals surface area contributed by atoms with E-state index in [9.17, 15) is 9.59 Å². The molecule has 2 aromatic carbocycles. The zero-order valence-electron chi connectivity index (χ0n) is 24.2. The molecule has 43 heavy (non-hydrogen) atoms. The molecule has 2 aromatic heterocycles. The van der Waals surface area contributed by atoms with Gasteiger partial charge in [0.2, 0.25) is 5.91 Å². The van der Waals surface area contributed by atoms with Crippen LogP contribution in [0.1, 0.15) is 66.3 Å². The molecule has 0 bridgehead atoms. The number of hydrogen-bond donors (Lipinski definition) is 2. The first kappa shape index (κ1) is 28.5. The summed E-state index contributed by atoms with van der Waals surface area (Å²) in [6, 6.07) is 13.7. The summed E-state index contributed by atoms with van der Waals surface area (Å²) in [5.74, 6) is -2.16. The first-order valence-corrected chi connectivity index (χ1v) is 14.7. The molecule has 0 unspecified atom stereocenters. The third kappa shape index (κ3) is 5.74. The van der Waals surface area contributed by atoms with Gasteiger partial charge in [-0.25, -0.2) is 18.3 Å². The van der Waals surface area contributed by atoms with Crippen LogP contribution in [0.25, 0.3) is 22.5 Å². The molecule has 0 spiro atoms. The second kappa shape index (κ2) is 11.6. The molecule has 0 radical (unpaired) electrons. The number of fused-ring (bicyclic) bond motifs is 1. The number of nitrogens with two attached hydrogens (primary N) is 1. The van der Waals surface area contributed by atoms with Gasteiger partial charge in [-0.05, 0) is 68.4 Å². The molecule has 222 valence electrons. The van der Waals surface area contributed by atoms with Gasteiger partial charge in [0.05, 0.1) is 17.3 Å². The molecule has 1 saturated carbocycles. The highest BCUT2D eigenvalue weighted by molar-refractivity contribution is 5.93. The monoisotopic (exact) mass is 584 g/mol. The topological polar surface area (TPSA) is 106 Å². The van der Waals surface area contributed by atoms with E-state index in [0.717, 1.165) is 41.8 Å². The van der Waals surface area contributed by atoms with Crippen molar-refractivity contribution in [2.75, 3.05) is 24.5 Å². The molecule has 4 aromatic rings. The fourth-order valence-electron chi connectivity index (χ4n) is 5.78. The van der Waals surface area contributed by atoms with Gasteiger partial charge in [0.25, 0.3) is 5.91 Å². The Labute approximate surface area is 248 Å². The van der Waals surface area contributed by atoms with Gasteiger partial charge in [0, 0.05) is 48.9 Å². The quantitative estimate of drug-likeness (QED) is 0.279. The smallest absolute Gasteiger partial charge is 0.270 e. The average molecular weight is 585 g/mol. The Morgan fingerprint density at radius 1 is 1.09 bits per heavy atom. The SMILES string of the molecule is C/C=C(/C)c1ccccc1CCNC(=O)c1cc(C2CC2)n2nc(-c3cc(F)c(N4CC[C@H](C(N)=O)C4)cc3F)cc2n1. The first-order valence-electron chi connectivity index (χ1n) is 14.7. The maximum absolute atomic E-state index is 15.4. The Hall–Kier alpha value is -4.60. The van der Waals surface area contributed by atoms with Crippen molar-refractivity contribution in [3.8, 4) is 11.3 Å². The minimum absolute atomic E-state index is 0.000217. The fourth-order valence-corrected chi connectivity index (χ4v) is 5.78. The highest BCUT2D eigenvalue weighted by atomic mass is 19.1. The van der Waals surface area contributed by atoms with Crippen LogP contribution < -0.4 is 16.0 Å². The molecule has 6 rings (SSSR count). The Balaban J connectivity index is 1.24. The van der Waals surface area contributed by atoms with Gasteiger partial charge in [0.1, 0.15) is 17.3 Å². The van der Waals surface area contributed by atoms with Crippen molar-refractivity contribution in [3.63, 3.8) is 0 Å². The van der Waals surface area contributed by atoms with Crippen LogP contribution >= 0.6 is 0 Å². The lowest BCUT2D eigenvalue weighted by atomic mass is 9.98. The van der Waals surface area contributed by atoms with E-state index >= 15 is 8.78 Å². The Morgan fingerprint density at radius 3 is 2.60 bits per heavy atom. The molecule has 1 aliphatic heterocycles. The Kier molecular flexibility index (Phi) is 7.68. The number of carbonyl (C=O) groups is 2. The first-order chi connectivity index (χ1) is 20.7. The van der Waals surface area contributed by atoms with Crippen LogP contribution in [0.3, 0.4) is 0 Å². The number of carbonyl (C=O) groups excluding carboxylic acids is 2. The average Bonchev–Trinajstić information content (AvgIpc) is 3.56. The maximum Gasteiger partial charge on any atom is 0.270 e. The van der Waals surface area contributed by atoms with Gasteiger partial charge in [-0.3, -0.25) is 9.59 Å². The van der Waals surface area contributed by atoms with E-state index in [0.29, 0.717) is 31.6 Å². The molecule has 1 saturated heterocycles. The van der Waals surface area contributed by atoms with E-state index in [1.54, 1.807) is 21.5 Å². The summed E-state index contributed by atoms with van der Waals surface area (Å²) >= 11 is 0. The van der Waals surface area contributed by atoms with Gasteiger partial charge < -0.3 is 16.0 Å². The number of amides is 2. The molecule has 3 heterocycles. The van der Waals surface area contributed by atoms with Crippen LogP contribution in [0, 0.1) is 17.6 Å². The molecule has 1 aliphatic carbocycles. The van der Waals surface area contributed by atoms with Crippen molar-refractivity contribution in [1.29, 1.82) is 0 Å². The van der Waals surface area contributed by atoms with E-state index in [4.69, 9.17) is 5.73 Å². The van der Waals surface area contributed by atoms with Crippen LogP contribution in [-0.4, -0.2) is 46.0 Å². The molecule has 3 N–H and O–H groups in total. The number of benzene rings is 2. The third-order valence-corrected chi connectivity index (χ3v) is 8.48. The number of rotatable bonds is 9. The number of aromatic nitrogens is 3. The lowest BCUT2D eigenvalue weighted by Gasteiger charge is -2.19. The molecular weight excluding hydrogens is 550 g/mol. The highest BCUT2D eigenvalue weighted by Gasteiger charge is 2.31. The minimum atomic E-state index is -0.637. The highest BCUT2D eigenvalue weighted by Crippen LogP contribution is 2.41. The zero-order valence-corrected chi connectivity index (χ0v) is 24.2. The summed E-state index contributed by atoms with van der Waals surface area (Å²) in [6.45, 7) is 5.18. The van der Waals surface area contributed by atoms with Crippen molar-refractivity contribution in [3.05, 3.63) is 88.8 Å². The lowest BCUT2D eigenvalue weighted by molar-refractivity contribution is -0.121. The standard InChI is InChI=1S/C33H34F2N6O2/c1-3-19(2)23-7-5-4-6-20(23)10-12-37-33(43)28-16-29(21-8-9-21)41-31(38-28)17-27(39-41)24-14-26(35)30(15-25(24)34)40-13-11-22(18-40)32(36)42/h3-7,14-17,21-22H,8-13,18H2,1-2H3,(H2,36,42)(H,37,43)/b19-3-/t22-/m0/s1. The van der Waals surface area contributed by atoms with Crippen LogP contribution in [0.4, 0.5) is 14.5 Å². The van der Waals surface area contributed by atoms with E-state index in [1.165, 1.54) is 5.57 Å². The van der Waals surface area contributed by atoms with Crippen LogP contribution in [0.5, 0.6) is 0 Å². The summed E-state index contributed by atoms with van der Waals surface area (Å²) in [6.07, 6.45) is 5.15. The fraction of sp³-hybridized carbons (Fsp3) is 0.333. The minimum Gasteiger partial charge on any atom is -0.369 e. The van der Waals surface area contributed by atoms with Crippen molar-refractivity contribution in [2.45, 2.75) is 45.4 Å². The van der Waals surface area contributed by atoms with E-state index in [2.05, 4.69) is 40.5 Å². The van der Waals surface area contributed by atoms with Crippen molar-refractivity contribution < 1.29 is 18.4 Å². The third-order valence-electron chi connectivity index (χ3n) is 8.48. The molecule has 10 heteroatoms. The predicted octanol–water partition coefficient (Wildman–Crippen LogP) is 5.26. The van der Waals surface area contributed by atoms with Crippen LogP contribution in [0.15, 0.2) is 54.6 Å². The molecule has 2 amide bonds. The number of hydrogen-bond acceptors (Lipinski definition) is 5. The number of nitrogens with zero attached hydrogens (tertiary/aromatic N) is 4. The Morgan fingerprint density at radius 2 is 1.88 bits per heavy atom. The lowest BCUT2D eigenvalue weighted by Crippen LogP contribution is -2.27. The predicted molar refractivity (Wildman–Crippen MR) is 162 cm³/mol. The normalized spacial score (nSPS) is 17.1. The number of nitrogens with one attached hydrogen (secondary N) is 1. The Bertz CT molecular complexity index is 1760. The number of anilines is 1. The number of halogens is 2. The van der Waals surface area contributed by atoms with Crippen LogP contribution in [0.2, 0.25) is 0 Å². The van der Waals surface area contributed by atoms with Crippen LogP contribution in [-0.2, 0) is 11.2 Å². The van der Waals surface area contributed by atoms with Crippen molar-refractivity contribution >= 4 is 28.7 Å². The second-order valence-corrected chi connectivity index (χ2v) is 11.4. The summed E-state index contributed by atoms with van der Waals surface area (Å²) in [5, 5.41) is 7.57. The summed E-state index contributed by atoms with van der Waals surface area (Å²) in [7, 11) is 0. The van der Waals surface area contributed by atoms with Gasteiger partial charge >= 0.3 is 0 Å². The molecule has 8 nitrogen and oxygen atoms in total. The second-order valence-electron chi connectivity index (χ2n) is 11.4. The van der Waals surface area contributed by atoms with E-state index in [1.807, 2.05) is 19.1 Å². The summed E-state index contributed by atoms with van der Waals surface area (Å²) < 4.78 is 32.3. The van der Waals surface area contributed by atoms with Gasteiger partial charge in [-0.2, -0.15) is 5.10 Å². The van der Waals surface area contributed by atoms with Gasteiger partial charge in [0.15, 0.2) is 5.65 Å². The number of allylic oxidation sites excluding steroid dienone is 2. The number of primary amides is 1. The summed E-state index contributed by atoms with van der Waals surface area (Å²) in [5.41, 5.74) is 10.7. The maximum atomic E-state index is 15.4. The van der Waals surface area contributed by atoms with Crippen molar-refractivity contribution in [1.82, 2.24) is 19.9 Å². The molecule has 2 fully saturated rings. The van der Waals surface area contributed by atoms with Crippen molar-refractivity contribution in [2.24, 2.45) is 11.7 Å². The summed E-state index contributed by atoms with van der Waals surface area (Å²) in [4.78, 5) is 30.9. The molecular formula is C33H34F2N6O2. The largest absolute Gasteiger partial charge is 0.369 e. The van der Waals surface area contributed by atoms with E-state index < -0.39 is 23.5 Å². The van der Waals surface area contributed by atoms with Gasteiger partial charge in [-0.15, -0.1) is 0 Å². The van der Waals surface area contributed by atoms with E-state index in [-0.39, 0.29) is 41.0 Å². The zero-order chi connectivity index (χ0) is 30.2. The molecule has 1 atom stereocenters. The van der Waals surface area contributed by atoms with Gasteiger partial charge in [-0.1, -0.05) is 30.3 Å².